The van der Waals surface area contributed by atoms with Crippen LogP contribution in [0, 0.1) is 6.92 Å². The highest BCUT2D eigenvalue weighted by Crippen LogP contribution is 2.30. The van der Waals surface area contributed by atoms with E-state index in [0.717, 1.165) is 35.2 Å². The van der Waals surface area contributed by atoms with Crippen molar-refractivity contribution in [1.29, 1.82) is 0 Å². The molecule has 0 saturated heterocycles. The molecule has 4 aromatic rings. The van der Waals surface area contributed by atoms with Gasteiger partial charge < -0.3 is 4.90 Å². The molecule has 1 aliphatic rings. The van der Waals surface area contributed by atoms with Gasteiger partial charge in [-0.15, -0.1) is 0 Å². The molecule has 2 heterocycles. The summed E-state index contributed by atoms with van der Waals surface area (Å²) in [6.07, 6.45) is 8.03. The van der Waals surface area contributed by atoms with Crippen LogP contribution in [0.3, 0.4) is 0 Å². The molecule has 0 N–H and O–H groups in total. The van der Waals surface area contributed by atoms with E-state index in [4.69, 9.17) is 5.10 Å². The fourth-order valence-corrected chi connectivity index (χ4v) is 5.16. The van der Waals surface area contributed by atoms with Gasteiger partial charge in [-0.25, -0.2) is 9.67 Å². The SMILES string of the molecule is Cc1nc(-c2ccncc2)nn1CCN(C(=O)C(C)c1cccc2ccccc12)C1CCCC1. The summed E-state index contributed by atoms with van der Waals surface area (Å²) in [4.78, 5) is 24.7. The fourth-order valence-electron chi connectivity index (χ4n) is 5.16. The third-order valence-corrected chi connectivity index (χ3v) is 7.06. The third-order valence-electron chi connectivity index (χ3n) is 7.06. The average molecular weight is 454 g/mol. The first kappa shape index (κ1) is 22.3. The van der Waals surface area contributed by atoms with E-state index in [1.165, 1.54) is 18.2 Å². The molecule has 1 unspecified atom stereocenters. The Morgan fingerprint density at radius 3 is 2.59 bits per heavy atom. The molecule has 2 aromatic carbocycles. The molecule has 34 heavy (non-hydrogen) atoms. The van der Waals surface area contributed by atoms with Gasteiger partial charge in [0, 0.05) is 30.5 Å². The number of benzene rings is 2. The lowest BCUT2D eigenvalue weighted by atomic mass is 9.93. The minimum atomic E-state index is -0.198. The zero-order valence-electron chi connectivity index (χ0n) is 19.9. The van der Waals surface area contributed by atoms with Crippen LogP contribution in [0.1, 0.15) is 49.9 Å². The number of carbonyl (C=O) groups excluding carboxylic acids is 1. The smallest absolute Gasteiger partial charge is 0.230 e. The van der Waals surface area contributed by atoms with Gasteiger partial charge in [0.25, 0.3) is 0 Å². The molecule has 1 aliphatic carbocycles. The van der Waals surface area contributed by atoms with Gasteiger partial charge in [-0.1, -0.05) is 55.3 Å². The van der Waals surface area contributed by atoms with Crippen molar-refractivity contribution >= 4 is 16.7 Å². The van der Waals surface area contributed by atoms with Crippen LogP contribution in [0.5, 0.6) is 0 Å². The second-order valence-electron chi connectivity index (χ2n) is 9.20. The Morgan fingerprint density at radius 2 is 1.79 bits per heavy atom. The fraction of sp³-hybridized carbons (Fsp3) is 0.357. The standard InChI is InChI=1S/C28H31N5O/c1-20(25-13-7-9-22-8-3-6-12-26(22)25)28(34)32(24-10-4-5-11-24)18-19-33-21(2)30-27(31-33)23-14-16-29-17-15-23/h3,6-9,12-17,20,24H,4-5,10-11,18-19H2,1-2H3. The summed E-state index contributed by atoms with van der Waals surface area (Å²) in [7, 11) is 0. The Hall–Kier alpha value is -3.54. The van der Waals surface area contributed by atoms with E-state index < -0.39 is 0 Å². The lowest BCUT2D eigenvalue weighted by molar-refractivity contribution is -0.134. The zero-order valence-corrected chi connectivity index (χ0v) is 19.9. The Balaban J connectivity index is 1.38. The maximum absolute atomic E-state index is 13.9. The van der Waals surface area contributed by atoms with Crippen molar-refractivity contribution in [1.82, 2.24) is 24.6 Å². The van der Waals surface area contributed by atoms with Gasteiger partial charge in [-0.05, 0) is 55.2 Å². The number of amides is 1. The third kappa shape index (κ3) is 4.45. The summed E-state index contributed by atoms with van der Waals surface area (Å²) >= 11 is 0. The number of fused-ring (bicyclic) bond motifs is 1. The summed E-state index contributed by atoms with van der Waals surface area (Å²) in [5, 5.41) is 7.06. The highest BCUT2D eigenvalue weighted by Gasteiger charge is 2.30. The Labute approximate surface area is 200 Å². The maximum Gasteiger partial charge on any atom is 0.230 e. The number of pyridine rings is 1. The van der Waals surface area contributed by atoms with E-state index in [0.29, 0.717) is 25.0 Å². The first-order valence-electron chi connectivity index (χ1n) is 12.2. The Morgan fingerprint density at radius 1 is 1.06 bits per heavy atom. The van der Waals surface area contributed by atoms with Gasteiger partial charge in [-0.3, -0.25) is 9.78 Å². The molecule has 6 heteroatoms. The second kappa shape index (κ2) is 9.75. The predicted molar refractivity (Wildman–Crippen MR) is 134 cm³/mol. The van der Waals surface area contributed by atoms with Gasteiger partial charge in [0.05, 0.1) is 12.5 Å². The average Bonchev–Trinajstić information content (AvgIpc) is 3.54. The molecule has 174 valence electrons. The summed E-state index contributed by atoms with van der Waals surface area (Å²) < 4.78 is 1.92. The van der Waals surface area contributed by atoms with E-state index in [-0.39, 0.29) is 11.8 Å². The second-order valence-corrected chi connectivity index (χ2v) is 9.20. The van der Waals surface area contributed by atoms with Crippen LogP contribution in [0.15, 0.2) is 67.0 Å². The topological polar surface area (TPSA) is 63.9 Å². The molecule has 6 nitrogen and oxygen atoms in total. The van der Waals surface area contributed by atoms with Crippen LogP contribution in [-0.2, 0) is 11.3 Å². The van der Waals surface area contributed by atoms with Crippen molar-refractivity contribution < 1.29 is 4.79 Å². The summed E-state index contributed by atoms with van der Waals surface area (Å²) in [5.41, 5.74) is 2.05. The van der Waals surface area contributed by atoms with Crippen molar-refractivity contribution in [3.05, 3.63) is 78.4 Å². The number of aromatic nitrogens is 4. The molecule has 1 fully saturated rings. The molecule has 1 amide bonds. The first-order chi connectivity index (χ1) is 16.6. The molecule has 0 bridgehead atoms. The van der Waals surface area contributed by atoms with Gasteiger partial charge in [-0.2, -0.15) is 5.10 Å². The quantitative estimate of drug-likeness (QED) is 0.377. The lowest BCUT2D eigenvalue weighted by Crippen LogP contribution is -2.43. The number of hydrogen-bond donors (Lipinski definition) is 0. The van der Waals surface area contributed by atoms with E-state index in [1.807, 2.05) is 42.8 Å². The summed E-state index contributed by atoms with van der Waals surface area (Å²) in [6, 6.07) is 18.7. The Bertz CT molecular complexity index is 1270. The van der Waals surface area contributed by atoms with Crippen molar-refractivity contribution in [3.63, 3.8) is 0 Å². The Kier molecular flexibility index (Phi) is 6.39. The minimum Gasteiger partial charge on any atom is -0.337 e. The van der Waals surface area contributed by atoms with Crippen molar-refractivity contribution in [2.45, 2.75) is 58.0 Å². The molecule has 2 aromatic heterocycles. The number of carbonyl (C=O) groups is 1. The highest BCUT2D eigenvalue weighted by atomic mass is 16.2. The maximum atomic E-state index is 13.9. The summed E-state index contributed by atoms with van der Waals surface area (Å²) in [6.45, 7) is 5.29. The number of nitrogens with zero attached hydrogens (tertiary/aromatic N) is 5. The van der Waals surface area contributed by atoms with Crippen LogP contribution in [-0.4, -0.2) is 43.1 Å². The van der Waals surface area contributed by atoms with Crippen LogP contribution in [0.25, 0.3) is 22.2 Å². The molecular weight excluding hydrogens is 422 g/mol. The van der Waals surface area contributed by atoms with E-state index in [2.05, 4.69) is 45.2 Å². The largest absolute Gasteiger partial charge is 0.337 e. The van der Waals surface area contributed by atoms with Crippen molar-refractivity contribution in [3.8, 4) is 11.4 Å². The van der Waals surface area contributed by atoms with Gasteiger partial charge in [0.1, 0.15) is 5.82 Å². The predicted octanol–water partition coefficient (Wildman–Crippen LogP) is 5.38. The number of rotatable bonds is 7. The van der Waals surface area contributed by atoms with Crippen molar-refractivity contribution in [2.75, 3.05) is 6.54 Å². The first-order valence-corrected chi connectivity index (χ1v) is 12.2. The van der Waals surface area contributed by atoms with E-state index >= 15 is 0 Å². The van der Waals surface area contributed by atoms with Crippen LogP contribution in [0.2, 0.25) is 0 Å². The van der Waals surface area contributed by atoms with Crippen LogP contribution >= 0.6 is 0 Å². The van der Waals surface area contributed by atoms with Gasteiger partial charge in [0.2, 0.25) is 5.91 Å². The monoisotopic (exact) mass is 453 g/mol. The molecule has 0 aliphatic heterocycles. The van der Waals surface area contributed by atoms with E-state index in [1.54, 1.807) is 12.4 Å². The number of aryl methyl sites for hydroxylation is 1. The summed E-state index contributed by atoms with van der Waals surface area (Å²) in [5.74, 6) is 1.56. The van der Waals surface area contributed by atoms with Gasteiger partial charge >= 0.3 is 0 Å². The molecule has 1 atom stereocenters. The zero-order chi connectivity index (χ0) is 23.5. The lowest BCUT2D eigenvalue weighted by Gasteiger charge is -2.32. The van der Waals surface area contributed by atoms with E-state index in [9.17, 15) is 4.79 Å². The molecular formula is C28H31N5O. The molecule has 1 saturated carbocycles. The number of hydrogen-bond acceptors (Lipinski definition) is 4. The molecule has 5 rings (SSSR count). The molecule has 0 spiro atoms. The van der Waals surface area contributed by atoms with Crippen LogP contribution in [0.4, 0.5) is 0 Å². The van der Waals surface area contributed by atoms with Crippen LogP contribution < -0.4 is 0 Å². The highest BCUT2D eigenvalue weighted by molar-refractivity contribution is 5.92. The minimum absolute atomic E-state index is 0.198. The van der Waals surface area contributed by atoms with Gasteiger partial charge in [0.15, 0.2) is 5.82 Å². The normalized spacial score (nSPS) is 15.0. The van der Waals surface area contributed by atoms with Crippen molar-refractivity contribution in [2.24, 2.45) is 0 Å². The molecule has 0 radical (unpaired) electrons.